The molecule has 0 aliphatic carbocycles. The minimum atomic E-state index is -4.55. The van der Waals surface area contributed by atoms with Crippen molar-refractivity contribution in [3.8, 4) is 5.75 Å². The first-order chi connectivity index (χ1) is 17.8. The molecule has 0 amide bonds. The summed E-state index contributed by atoms with van der Waals surface area (Å²) in [7, 11) is -4.55. The number of hydrogen-bond donors (Lipinski definition) is 3. The summed E-state index contributed by atoms with van der Waals surface area (Å²) in [4.78, 5) is 13.9. The van der Waals surface area contributed by atoms with Crippen LogP contribution in [0.3, 0.4) is 0 Å². The Morgan fingerprint density at radius 2 is 1.87 bits per heavy atom. The second-order valence-corrected chi connectivity index (χ2v) is 13.9. The van der Waals surface area contributed by atoms with Crippen LogP contribution in [-0.4, -0.2) is 44.4 Å². The Morgan fingerprint density at radius 3 is 2.46 bits per heavy atom. The maximum atomic E-state index is 15.7. The molecule has 39 heavy (non-hydrogen) atoms. The number of aromatic amines is 1. The number of H-pyrrole nitrogens is 1. The van der Waals surface area contributed by atoms with Gasteiger partial charge >= 0.3 is 7.82 Å². The van der Waals surface area contributed by atoms with E-state index >= 15 is 8.78 Å². The van der Waals surface area contributed by atoms with Crippen LogP contribution >= 0.6 is 31.6 Å². The number of phosphoric acid groups is 1. The molecule has 5 atom stereocenters. The van der Waals surface area contributed by atoms with Crippen LogP contribution in [0.25, 0.3) is 0 Å². The van der Waals surface area contributed by atoms with Crippen molar-refractivity contribution in [1.82, 2.24) is 9.55 Å². The van der Waals surface area contributed by atoms with E-state index in [-0.39, 0.29) is 21.1 Å². The zero-order valence-corrected chi connectivity index (χ0v) is 24.5. The van der Waals surface area contributed by atoms with Gasteiger partial charge in [-0.3, -0.25) is 23.4 Å². The van der Waals surface area contributed by atoms with Crippen LogP contribution in [0.2, 0.25) is 5.02 Å². The first kappa shape index (κ1) is 30.3. The van der Waals surface area contributed by atoms with Crippen LogP contribution in [0, 0.1) is 10.6 Å². The number of ether oxygens (including phenoxy) is 1. The van der Waals surface area contributed by atoms with Crippen molar-refractivity contribution in [2.75, 3.05) is 6.61 Å². The number of aliphatic hydroxyl groups excluding tert-OH is 2. The standard InChI is InChI=1S/C24H30ClF2N2O8PS/c1-22(2,3)12-7-13(23(4,5)6)17-11(15(12)26)9-34-38(33,37-17)35-10-24(27)18(31)16(30)20(36-24)29-8-14(25)19(32)28-21(29)39/h7-8,16,18,20,30-31H,9-10H2,1-6H3,(H,28,32,39)/t16-,18+,20-,24-,38?/m1/s1. The third-order valence-corrected chi connectivity index (χ3v) is 8.37. The van der Waals surface area contributed by atoms with Crippen LogP contribution in [0.4, 0.5) is 8.78 Å². The highest BCUT2D eigenvalue weighted by molar-refractivity contribution is 7.71. The number of rotatable bonds is 4. The van der Waals surface area contributed by atoms with E-state index < -0.39 is 67.5 Å². The Labute approximate surface area is 233 Å². The molecule has 1 unspecified atom stereocenters. The molecule has 2 aromatic rings. The average molecular weight is 611 g/mol. The fourth-order valence-corrected chi connectivity index (χ4v) is 5.92. The van der Waals surface area contributed by atoms with Crippen LogP contribution in [-0.2, 0) is 35.8 Å². The number of aliphatic hydroxyl groups is 2. The quantitative estimate of drug-likeness (QED) is 0.325. The fraction of sp³-hybridized carbons (Fsp3) is 0.583. The highest BCUT2D eigenvalue weighted by Crippen LogP contribution is 2.58. The van der Waals surface area contributed by atoms with Gasteiger partial charge in [0.2, 0.25) is 0 Å². The van der Waals surface area contributed by atoms with E-state index in [2.05, 4.69) is 4.98 Å². The topological polar surface area (TPSA) is 132 Å². The highest BCUT2D eigenvalue weighted by atomic mass is 35.5. The summed E-state index contributed by atoms with van der Waals surface area (Å²) >= 11 is 10.8. The van der Waals surface area contributed by atoms with E-state index in [1.807, 2.05) is 41.5 Å². The second-order valence-electron chi connectivity index (χ2n) is 11.6. The van der Waals surface area contributed by atoms with E-state index in [1.54, 1.807) is 6.07 Å². The average Bonchev–Trinajstić information content (AvgIpc) is 3.03. The molecule has 4 rings (SSSR count). The molecule has 2 aliphatic heterocycles. The molecule has 1 saturated heterocycles. The van der Waals surface area contributed by atoms with Gasteiger partial charge in [-0.15, -0.1) is 0 Å². The Morgan fingerprint density at radius 1 is 1.26 bits per heavy atom. The van der Waals surface area contributed by atoms with E-state index in [0.717, 1.165) is 10.8 Å². The Hall–Kier alpha value is -1.70. The van der Waals surface area contributed by atoms with Crippen molar-refractivity contribution in [2.24, 2.45) is 0 Å². The molecule has 3 N–H and O–H groups in total. The molecule has 0 spiro atoms. The molecule has 1 fully saturated rings. The van der Waals surface area contributed by atoms with Gasteiger partial charge in [0.15, 0.2) is 11.0 Å². The van der Waals surface area contributed by atoms with E-state index in [9.17, 15) is 19.6 Å². The lowest BCUT2D eigenvalue weighted by Gasteiger charge is -2.34. The Kier molecular flexibility index (Phi) is 7.75. The van der Waals surface area contributed by atoms with E-state index in [0.29, 0.717) is 11.1 Å². The van der Waals surface area contributed by atoms with E-state index in [1.165, 1.54) is 0 Å². The molecular weight excluding hydrogens is 581 g/mol. The molecule has 3 heterocycles. The molecular formula is C24H30ClF2N2O8PS. The fourth-order valence-electron chi connectivity index (χ4n) is 4.29. The number of halogens is 3. The SMILES string of the molecule is CC(C)(C)c1cc(C(C)(C)C)c2c(c1F)COP(=O)(OC[C@@]1(F)O[C@@H](n3cc(Cl)c(=O)[nH]c3=S)[C@H](O)[C@@H]1O)O2. The van der Waals surface area contributed by atoms with Crippen LogP contribution < -0.4 is 10.1 Å². The van der Waals surface area contributed by atoms with Crippen LogP contribution in [0.5, 0.6) is 5.75 Å². The number of benzene rings is 1. The lowest BCUT2D eigenvalue weighted by atomic mass is 9.78. The lowest BCUT2D eigenvalue weighted by Crippen LogP contribution is -2.43. The maximum absolute atomic E-state index is 15.7. The maximum Gasteiger partial charge on any atom is 0.530 e. The van der Waals surface area contributed by atoms with Crippen molar-refractivity contribution >= 4 is 31.6 Å². The first-order valence-corrected chi connectivity index (χ1v) is 14.2. The molecule has 216 valence electrons. The van der Waals surface area contributed by atoms with Gasteiger partial charge in [0.25, 0.3) is 11.4 Å². The predicted octanol–water partition coefficient (Wildman–Crippen LogP) is 4.94. The Balaban J connectivity index is 1.62. The van der Waals surface area contributed by atoms with Gasteiger partial charge in [-0.2, -0.15) is 0 Å². The van der Waals surface area contributed by atoms with Gasteiger partial charge in [-0.25, -0.2) is 13.3 Å². The molecule has 0 radical (unpaired) electrons. The normalized spacial score (nSPS) is 29.3. The number of nitrogens with zero attached hydrogens (tertiary/aromatic N) is 1. The van der Waals surface area contributed by atoms with Gasteiger partial charge in [-0.05, 0) is 34.7 Å². The highest BCUT2D eigenvalue weighted by Gasteiger charge is 2.57. The molecule has 15 heteroatoms. The van der Waals surface area contributed by atoms with Crippen molar-refractivity contribution in [3.63, 3.8) is 0 Å². The van der Waals surface area contributed by atoms with Gasteiger partial charge in [0.05, 0.1) is 12.2 Å². The molecule has 0 saturated carbocycles. The second kappa shape index (κ2) is 9.99. The van der Waals surface area contributed by atoms with Gasteiger partial charge < -0.3 is 19.5 Å². The summed E-state index contributed by atoms with van der Waals surface area (Å²) in [6, 6.07) is 1.64. The van der Waals surface area contributed by atoms with Crippen LogP contribution in [0.15, 0.2) is 17.1 Å². The summed E-state index contributed by atoms with van der Waals surface area (Å²) in [5, 5.41) is 20.6. The minimum Gasteiger partial charge on any atom is -0.403 e. The minimum absolute atomic E-state index is 0.0320. The van der Waals surface area contributed by atoms with Crippen LogP contribution in [0.1, 0.15) is 64.5 Å². The number of alkyl halides is 1. The van der Waals surface area contributed by atoms with Crippen molar-refractivity contribution < 1.29 is 41.9 Å². The largest absolute Gasteiger partial charge is 0.530 e. The third-order valence-electron chi connectivity index (χ3n) is 6.49. The zero-order valence-electron chi connectivity index (χ0n) is 22.1. The summed E-state index contributed by atoms with van der Waals surface area (Å²) < 4.78 is 66.6. The van der Waals surface area contributed by atoms with Gasteiger partial charge in [-0.1, -0.05) is 53.1 Å². The van der Waals surface area contributed by atoms with Gasteiger partial charge in [0, 0.05) is 11.8 Å². The lowest BCUT2D eigenvalue weighted by molar-refractivity contribution is -0.205. The molecule has 0 bridgehead atoms. The predicted molar refractivity (Wildman–Crippen MR) is 140 cm³/mol. The van der Waals surface area contributed by atoms with E-state index in [4.69, 9.17) is 42.1 Å². The zero-order chi connectivity index (χ0) is 29.3. The Bertz CT molecular complexity index is 1470. The third kappa shape index (κ3) is 5.60. The molecule has 1 aromatic heterocycles. The molecule has 1 aromatic carbocycles. The smallest absolute Gasteiger partial charge is 0.403 e. The number of fused-ring (bicyclic) bond motifs is 1. The summed E-state index contributed by atoms with van der Waals surface area (Å²) in [5.74, 6) is -3.72. The molecule has 10 nitrogen and oxygen atoms in total. The number of nitrogens with one attached hydrogen (secondary N) is 1. The summed E-state index contributed by atoms with van der Waals surface area (Å²) in [6.45, 7) is 9.48. The monoisotopic (exact) mass is 610 g/mol. The van der Waals surface area contributed by atoms with Crippen molar-refractivity contribution in [2.45, 2.75) is 83.3 Å². The molecule has 2 aliphatic rings. The number of aromatic nitrogens is 2. The van der Waals surface area contributed by atoms with Crippen molar-refractivity contribution in [3.05, 3.63) is 54.9 Å². The summed E-state index contributed by atoms with van der Waals surface area (Å²) in [6.07, 6.45) is -4.70. The first-order valence-electron chi connectivity index (χ1n) is 12.0. The number of phosphoric ester groups is 1. The summed E-state index contributed by atoms with van der Waals surface area (Å²) in [5.41, 5.74) is -0.824. The van der Waals surface area contributed by atoms with Crippen molar-refractivity contribution in [1.29, 1.82) is 0 Å². The number of hydrogen-bond acceptors (Lipinski definition) is 9. The van der Waals surface area contributed by atoms with Gasteiger partial charge in [0.1, 0.15) is 35.4 Å².